The van der Waals surface area contributed by atoms with Crippen molar-refractivity contribution < 1.29 is 18.4 Å². The van der Waals surface area contributed by atoms with Crippen LogP contribution in [0.4, 0.5) is 20.2 Å². The van der Waals surface area contributed by atoms with Gasteiger partial charge in [-0.2, -0.15) is 0 Å². The summed E-state index contributed by atoms with van der Waals surface area (Å²) < 4.78 is 26.3. The lowest BCUT2D eigenvalue weighted by molar-refractivity contribution is -0.120. The van der Waals surface area contributed by atoms with Crippen LogP contribution in [-0.2, 0) is 9.59 Å². The van der Waals surface area contributed by atoms with Crippen molar-refractivity contribution in [2.75, 3.05) is 16.8 Å². The molecule has 0 aliphatic carbocycles. The molecule has 0 aliphatic rings. The van der Waals surface area contributed by atoms with Gasteiger partial charge in [0, 0.05) is 18.7 Å². The number of carbonyl (C=O) groups excluding carboxylic acids is 2. The van der Waals surface area contributed by atoms with Crippen LogP contribution >= 0.6 is 0 Å². The number of rotatable bonds is 4. The van der Waals surface area contributed by atoms with Crippen LogP contribution in [0.25, 0.3) is 0 Å². The Bertz CT molecular complexity index is 690. The Kier molecular flexibility index (Phi) is 4.83. The molecule has 6 heteroatoms. The van der Waals surface area contributed by atoms with E-state index in [1.54, 1.807) is 30.3 Å². The largest absolute Gasteiger partial charge is 0.322 e. The van der Waals surface area contributed by atoms with Crippen LogP contribution in [-0.4, -0.2) is 18.4 Å². The molecule has 2 aromatic carbocycles. The first-order valence-electron chi connectivity index (χ1n) is 6.55. The number of para-hydroxylation sites is 1. The second kappa shape index (κ2) is 6.80. The molecule has 0 radical (unpaired) electrons. The molecule has 2 amide bonds. The minimum Gasteiger partial charge on any atom is -0.322 e. The summed E-state index contributed by atoms with van der Waals surface area (Å²) in [5, 5.41) is 2.32. The maximum Gasteiger partial charge on any atom is 0.244 e. The third-order valence-corrected chi connectivity index (χ3v) is 2.95. The van der Waals surface area contributed by atoms with Gasteiger partial charge in [-0.05, 0) is 24.3 Å². The van der Waals surface area contributed by atoms with Crippen LogP contribution in [0.1, 0.15) is 6.92 Å². The highest BCUT2D eigenvalue weighted by Crippen LogP contribution is 2.16. The average molecular weight is 304 g/mol. The topological polar surface area (TPSA) is 49.4 Å². The quantitative estimate of drug-likeness (QED) is 0.944. The number of anilines is 2. The van der Waals surface area contributed by atoms with Gasteiger partial charge in [0.2, 0.25) is 11.8 Å². The van der Waals surface area contributed by atoms with Crippen molar-refractivity contribution in [3.8, 4) is 0 Å². The van der Waals surface area contributed by atoms with E-state index in [1.807, 2.05) is 0 Å². The van der Waals surface area contributed by atoms with Crippen LogP contribution in [0.2, 0.25) is 0 Å². The predicted molar refractivity (Wildman–Crippen MR) is 79.5 cm³/mol. The van der Waals surface area contributed by atoms with E-state index in [0.717, 1.165) is 12.1 Å². The molecule has 0 saturated heterocycles. The molecule has 0 aliphatic heterocycles. The smallest absolute Gasteiger partial charge is 0.244 e. The lowest BCUT2D eigenvalue weighted by Gasteiger charge is -2.20. The molecular weight excluding hydrogens is 290 g/mol. The van der Waals surface area contributed by atoms with Crippen LogP contribution in [0, 0.1) is 11.6 Å². The highest BCUT2D eigenvalue weighted by Gasteiger charge is 2.16. The summed E-state index contributed by atoms with van der Waals surface area (Å²) in [6, 6.07) is 11.5. The summed E-state index contributed by atoms with van der Waals surface area (Å²) in [5.74, 6) is -2.50. The van der Waals surface area contributed by atoms with E-state index >= 15 is 0 Å². The number of halogens is 2. The number of nitrogens with zero attached hydrogens (tertiary/aromatic N) is 1. The van der Waals surface area contributed by atoms with Crippen molar-refractivity contribution in [3.05, 3.63) is 60.2 Å². The first-order chi connectivity index (χ1) is 10.5. The Morgan fingerprint density at radius 3 is 2.36 bits per heavy atom. The zero-order valence-electron chi connectivity index (χ0n) is 11.8. The summed E-state index contributed by atoms with van der Waals surface area (Å²) >= 11 is 0. The summed E-state index contributed by atoms with van der Waals surface area (Å²) in [7, 11) is 0. The van der Waals surface area contributed by atoms with Crippen molar-refractivity contribution >= 4 is 23.2 Å². The van der Waals surface area contributed by atoms with Crippen LogP contribution < -0.4 is 10.2 Å². The fourth-order valence-electron chi connectivity index (χ4n) is 1.92. The monoisotopic (exact) mass is 304 g/mol. The molecule has 1 N–H and O–H groups in total. The number of hydrogen-bond acceptors (Lipinski definition) is 2. The van der Waals surface area contributed by atoms with Crippen molar-refractivity contribution in [1.82, 2.24) is 0 Å². The fraction of sp³-hybridized carbons (Fsp3) is 0.125. The van der Waals surface area contributed by atoms with E-state index in [2.05, 4.69) is 5.32 Å². The molecule has 0 unspecified atom stereocenters. The van der Waals surface area contributed by atoms with Gasteiger partial charge in [-0.25, -0.2) is 8.78 Å². The molecule has 0 fully saturated rings. The van der Waals surface area contributed by atoms with E-state index in [4.69, 9.17) is 0 Å². The lowest BCUT2D eigenvalue weighted by Crippen LogP contribution is -2.36. The molecule has 0 saturated carbocycles. The maximum atomic E-state index is 13.5. The van der Waals surface area contributed by atoms with Crippen molar-refractivity contribution in [2.45, 2.75) is 6.92 Å². The number of benzene rings is 2. The van der Waals surface area contributed by atoms with Crippen LogP contribution in [0.3, 0.4) is 0 Å². The molecule has 0 bridgehead atoms. The van der Waals surface area contributed by atoms with E-state index in [9.17, 15) is 18.4 Å². The number of carbonyl (C=O) groups is 2. The van der Waals surface area contributed by atoms with Gasteiger partial charge >= 0.3 is 0 Å². The number of nitrogens with one attached hydrogen (secondary N) is 1. The Hall–Kier alpha value is -2.76. The molecule has 0 aromatic heterocycles. The van der Waals surface area contributed by atoms with E-state index in [-0.39, 0.29) is 18.1 Å². The normalized spacial score (nSPS) is 10.1. The zero-order valence-corrected chi connectivity index (χ0v) is 11.8. The van der Waals surface area contributed by atoms with E-state index in [0.29, 0.717) is 11.8 Å². The molecule has 4 nitrogen and oxygen atoms in total. The molecule has 0 atom stereocenters. The summed E-state index contributed by atoms with van der Waals surface area (Å²) in [5.41, 5.74) is 0.424. The van der Waals surface area contributed by atoms with Gasteiger partial charge in [0.1, 0.15) is 18.2 Å². The summed E-state index contributed by atoms with van der Waals surface area (Å²) in [4.78, 5) is 24.9. The van der Waals surface area contributed by atoms with Crippen molar-refractivity contribution in [2.24, 2.45) is 0 Å². The molecule has 114 valence electrons. The first-order valence-corrected chi connectivity index (χ1v) is 6.55. The Balaban J connectivity index is 2.10. The molecule has 22 heavy (non-hydrogen) atoms. The van der Waals surface area contributed by atoms with Gasteiger partial charge in [-0.1, -0.05) is 18.2 Å². The Morgan fingerprint density at radius 1 is 1.09 bits per heavy atom. The summed E-state index contributed by atoms with van der Waals surface area (Å²) in [6.45, 7) is 1.06. The van der Waals surface area contributed by atoms with Gasteiger partial charge in [0.05, 0.1) is 5.69 Å². The SMILES string of the molecule is CC(=O)N(CC(=O)Nc1ccc(F)cc1F)c1ccccc1. The van der Waals surface area contributed by atoms with Crippen LogP contribution in [0.15, 0.2) is 48.5 Å². The molecule has 2 rings (SSSR count). The van der Waals surface area contributed by atoms with Gasteiger partial charge < -0.3 is 10.2 Å². The van der Waals surface area contributed by atoms with Crippen molar-refractivity contribution in [1.29, 1.82) is 0 Å². The molecular formula is C16H14F2N2O2. The van der Waals surface area contributed by atoms with Gasteiger partial charge in [0.15, 0.2) is 0 Å². The third-order valence-electron chi connectivity index (χ3n) is 2.95. The van der Waals surface area contributed by atoms with E-state index in [1.165, 1.54) is 11.8 Å². The highest BCUT2D eigenvalue weighted by atomic mass is 19.1. The maximum absolute atomic E-state index is 13.5. The minimum absolute atomic E-state index is 0.136. The molecule has 0 heterocycles. The van der Waals surface area contributed by atoms with E-state index < -0.39 is 17.5 Å². The zero-order chi connectivity index (χ0) is 16.1. The van der Waals surface area contributed by atoms with Gasteiger partial charge in [0.25, 0.3) is 0 Å². The fourth-order valence-corrected chi connectivity index (χ4v) is 1.92. The average Bonchev–Trinajstić information content (AvgIpc) is 2.48. The molecule has 0 spiro atoms. The lowest BCUT2D eigenvalue weighted by atomic mass is 10.2. The Morgan fingerprint density at radius 2 is 1.77 bits per heavy atom. The Labute approximate surface area is 126 Å². The third kappa shape index (κ3) is 3.88. The second-order valence-corrected chi connectivity index (χ2v) is 4.61. The number of hydrogen-bond donors (Lipinski definition) is 1. The highest BCUT2D eigenvalue weighted by molar-refractivity contribution is 6.01. The van der Waals surface area contributed by atoms with Crippen molar-refractivity contribution in [3.63, 3.8) is 0 Å². The van der Waals surface area contributed by atoms with Gasteiger partial charge in [-0.15, -0.1) is 0 Å². The second-order valence-electron chi connectivity index (χ2n) is 4.61. The standard InChI is InChI=1S/C16H14F2N2O2/c1-11(21)20(13-5-3-2-4-6-13)10-16(22)19-15-8-7-12(17)9-14(15)18/h2-9H,10H2,1H3,(H,19,22). The first kappa shape index (κ1) is 15.6. The number of amides is 2. The predicted octanol–water partition coefficient (Wildman–Crippen LogP) is 2.96. The van der Waals surface area contributed by atoms with Gasteiger partial charge in [-0.3, -0.25) is 9.59 Å². The summed E-state index contributed by atoms with van der Waals surface area (Å²) in [6.07, 6.45) is 0. The minimum atomic E-state index is -0.873. The van der Waals surface area contributed by atoms with Crippen LogP contribution in [0.5, 0.6) is 0 Å². The molecule has 2 aromatic rings.